The molecule has 0 radical (unpaired) electrons. The first-order chi connectivity index (χ1) is 6.39. The van der Waals surface area contributed by atoms with Gasteiger partial charge in [0.15, 0.2) is 5.67 Å². The van der Waals surface area contributed by atoms with Crippen molar-refractivity contribution in [2.45, 2.75) is 19.5 Å². The number of carbonyl (C=O) groups is 1. The number of nitrogens with one attached hydrogen (secondary N) is 1. The molecule has 1 heterocycles. The minimum absolute atomic E-state index is 0.468. The van der Waals surface area contributed by atoms with Crippen molar-refractivity contribution in [1.82, 2.24) is 4.98 Å². The van der Waals surface area contributed by atoms with Crippen LogP contribution in [-0.4, -0.2) is 16.6 Å². The molecular weight excluding hydrogens is 251 g/mol. The number of aromatic nitrogens is 1. The summed E-state index contributed by atoms with van der Waals surface area (Å²) in [5.74, 6) is -0.683. The Labute approximate surface area is 89.9 Å². The third kappa shape index (κ3) is 3.06. The molecule has 0 saturated carbocycles. The highest BCUT2D eigenvalue weighted by atomic mass is 79.9. The second kappa shape index (κ2) is 4.04. The highest BCUT2D eigenvalue weighted by molar-refractivity contribution is 9.10. The Morgan fingerprint density at radius 1 is 1.57 bits per heavy atom. The van der Waals surface area contributed by atoms with Crippen molar-refractivity contribution in [3.8, 4) is 0 Å². The number of hydrogen-bond donors (Lipinski definition) is 1. The second-order valence-electron chi connectivity index (χ2n) is 3.32. The predicted molar refractivity (Wildman–Crippen MR) is 55.8 cm³/mol. The standard InChI is InChI=1S/C9H10BrFN2O/c1-9(2,11)8(14)13-7-3-6(10)4-12-5-7/h3-5H,1-2H3,(H,13,14). The molecule has 0 unspecified atom stereocenters. The van der Waals surface area contributed by atoms with Gasteiger partial charge in [-0.05, 0) is 35.8 Å². The van der Waals surface area contributed by atoms with Crippen LogP contribution in [0.2, 0.25) is 0 Å². The van der Waals surface area contributed by atoms with E-state index in [0.717, 1.165) is 4.47 Å². The molecule has 0 aliphatic carbocycles. The van der Waals surface area contributed by atoms with Gasteiger partial charge in [-0.3, -0.25) is 9.78 Å². The van der Waals surface area contributed by atoms with Crippen molar-refractivity contribution >= 4 is 27.5 Å². The number of hydrogen-bond acceptors (Lipinski definition) is 2. The van der Waals surface area contributed by atoms with Gasteiger partial charge >= 0.3 is 0 Å². The minimum atomic E-state index is -1.89. The number of anilines is 1. The van der Waals surface area contributed by atoms with Crippen LogP contribution in [0.25, 0.3) is 0 Å². The van der Waals surface area contributed by atoms with Crippen LogP contribution < -0.4 is 5.32 Å². The fraction of sp³-hybridized carbons (Fsp3) is 0.333. The van der Waals surface area contributed by atoms with E-state index in [-0.39, 0.29) is 0 Å². The van der Waals surface area contributed by atoms with Gasteiger partial charge in [-0.25, -0.2) is 4.39 Å². The Morgan fingerprint density at radius 2 is 2.21 bits per heavy atom. The Bertz CT molecular complexity index is 349. The maximum absolute atomic E-state index is 13.1. The quantitative estimate of drug-likeness (QED) is 0.888. The van der Waals surface area contributed by atoms with Gasteiger partial charge in [0, 0.05) is 10.7 Å². The Balaban J connectivity index is 2.75. The predicted octanol–water partition coefficient (Wildman–Crippen LogP) is 2.53. The van der Waals surface area contributed by atoms with Crippen molar-refractivity contribution in [2.24, 2.45) is 0 Å². The summed E-state index contributed by atoms with van der Waals surface area (Å²) < 4.78 is 13.9. The smallest absolute Gasteiger partial charge is 0.261 e. The molecule has 0 saturated heterocycles. The molecule has 0 bridgehead atoms. The molecule has 1 aromatic heterocycles. The van der Waals surface area contributed by atoms with Crippen molar-refractivity contribution in [1.29, 1.82) is 0 Å². The van der Waals surface area contributed by atoms with Crippen LogP contribution in [-0.2, 0) is 4.79 Å². The first kappa shape index (κ1) is 11.1. The van der Waals surface area contributed by atoms with E-state index in [1.807, 2.05) is 0 Å². The van der Waals surface area contributed by atoms with Crippen molar-refractivity contribution in [3.63, 3.8) is 0 Å². The van der Waals surface area contributed by atoms with Crippen LogP contribution in [0.1, 0.15) is 13.8 Å². The van der Waals surface area contributed by atoms with Gasteiger partial charge in [0.2, 0.25) is 0 Å². The lowest BCUT2D eigenvalue weighted by molar-refractivity contribution is -0.125. The zero-order valence-electron chi connectivity index (χ0n) is 7.84. The zero-order valence-corrected chi connectivity index (χ0v) is 9.43. The van der Waals surface area contributed by atoms with E-state index >= 15 is 0 Å². The first-order valence-electron chi connectivity index (χ1n) is 4.00. The third-order valence-electron chi connectivity index (χ3n) is 1.50. The molecular formula is C9H10BrFN2O. The fourth-order valence-corrected chi connectivity index (χ4v) is 1.12. The molecule has 0 aliphatic rings. The molecule has 3 nitrogen and oxygen atoms in total. The summed E-state index contributed by atoms with van der Waals surface area (Å²) in [4.78, 5) is 15.1. The molecule has 0 aliphatic heterocycles. The first-order valence-corrected chi connectivity index (χ1v) is 4.80. The van der Waals surface area contributed by atoms with Crippen LogP contribution in [0, 0.1) is 0 Å². The zero-order chi connectivity index (χ0) is 10.8. The van der Waals surface area contributed by atoms with E-state index in [1.165, 1.54) is 20.0 Å². The lowest BCUT2D eigenvalue weighted by atomic mass is 10.1. The lowest BCUT2D eigenvalue weighted by Crippen LogP contribution is -2.32. The van der Waals surface area contributed by atoms with E-state index < -0.39 is 11.6 Å². The molecule has 5 heteroatoms. The number of amides is 1. The molecule has 1 aromatic rings. The van der Waals surface area contributed by atoms with Crippen LogP contribution in [0.4, 0.5) is 10.1 Å². The molecule has 0 fully saturated rings. The summed E-state index contributed by atoms with van der Waals surface area (Å²) in [6, 6.07) is 1.65. The number of alkyl halides is 1. The molecule has 1 amide bonds. The molecule has 14 heavy (non-hydrogen) atoms. The van der Waals surface area contributed by atoms with Crippen molar-refractivity contribution < 1.29 is 9.18 Å². The number of pyridine rings is 1. The Kier molecular flexibility index (Phi) is 3.21. The molecule has 0 atom stereocenters. The Morgan fingerprint density at radius 3 is 2.71 bits per heavy atom. The molecule has 1 N–H and O–H groups in total. The summed E-state index contributed by atoms with van der Waals surface area (Å²) in [6.07, 6.45) is 3.03. The molecule has 0 spiro atoms. The lowest BCUT2D eigenvalue weighted by Gasteiger charge is -2.13. The maximum atomic E-state index is 13.1. The second-order valence-corrected chi connectivity index (χ2v) is 4.23. The maximum Gasteiger partial charge on any atom is 0.261 e. The van der Waals surface area contributed by atoms with E-state index in [1.54, 1.807) is 12.3 Å². The van der Waals surface area contributed by atoms with Gasteiger partial charge in [-0.1, -0.05) is 0 Å². The summed E-state index contributed by atoms with van der Waals surface area (Å²) in [6.45, 7) is 2.40. The SMILES string of the molecule is CC(C)(F)C(=O)Nc1cncc(Br)c1. The van der Waals surface area contributed by atoms with Gasteiger partial charge < -0.3 is 5.32 Å². The van der Waals surface area contributed by atoms with Gasteiger partial charge in [0.25, 0.3) is 5.91 Å². The Hall–Kier alpha value is -0.970. The molecule has 1 rings (SSSR count). The summed E-state index contributed by atoms with van der Waals surface area (Å²) in [7, 11) is 0. The number of nitrogens with zero attached hydrogens (tertiary/aromatic N) is 1. The van der Waals surface area contributed by atoms with Crippen LogP contribution >= 0.6 is 15.9 Å². The average Bonchev–Trinajstić information content (AvgIpc) is 2.02. The van der Waals surface area contributed by atoms with E-state index in [2.05, 4.69) is 26.2 Å². The molecule has 76 valence electrons. The molecule has 0 aromatic carbocycles. The fourth-order valence-electron chi connectivity index (χ4n) is 0.760. The number of rotatable bonds is 2. The van der Waals surface area contributed by atoms with Crippen molar-refractivity contribution in [2.75, 3.05) is 5.32 Å². The summed E-state index contributed by atoms with van der Waals surface area (Å²) in [5.41, 5.74) is -1.42. The minimum Gasteiger partial charge on any atom is -0.322 e. The van der Waals surface area contributed by atoms with Gasteiger partial charge in [0.05, 0.1) is 11.9 Å². The highest BCUT2D eigenvalue weighted by Gasteiger charge is 2.26. The summed E-state index contributed by atoms with van der Waals surface area (Å²) >= 11 is 3.19. The van der Waals surface area contributed by atoms with E-state index in [0.29, 0.717) is 5.69 Å². The topological polar surface area (TPSA) is 42.0 Å². The third-order valence-corrected chi connectivity index (χ3v) is 1.94. The van der Waals surface area contributed by atoms with Gasteiger partial charge in [-0.15, -0.1) is 0 Å². The van der Waals surface area contributed by atoms with E-state index in [9.17, 15) is 9.18 Å². The van der Waals surface area contributed by atoms with Crippen LogP contribution in [0.3, 0.4) is 0 Å². The monoisotopic (exact) mass is 260 g/mol. The largest absolute Gasteiger partial charge is 0.322 e. The van der Waals surface area contributed by atoms with E-state index in [4.69, 9.17) is 0 Å². The summed E-state index contributed by atoms with van der Waals surface area (Å²) in [5, 5.41) is 2.42. The number of carbonyl (C=O) groups excluding carboxylic acids is 1. The highest BCUT2D eigenvalue weighted by Crippen LogP contribution is 2.16. The van der Waals surface area contributed by atoms with Gasteiger partial charge in [0.1, 0.15) is 0 Å². The van der Waals surface area contributed by atoms with Crippen LogP contribution in [0.15, 0.2) is 22.9 Å². The normalized spacial score (nSPS) is 11.1. The average molecular weight is 261 g/mol. The number of halogens is 2. The van der Waals surface area contributed by atoms with Gasteiger partial charge in [-0.2, -0.15) is 0 Å². The van der Waals surface area contributed by atoms with Crippen molar-refractivity contribution in [3.05, 3.63) is 22.9 Å². The van der Waals surface area contributed by atoms with Crippen LogP contribution in [0.5, 0.6) is 0 Å².